The lowest BCUT2D eigenvalue weighted by Gasteiger charge is -2.28. The average molecular weight is 408 g/mol. The van der Waals surface area contributed by atoms with Gasteiger partial charge in [0.15, 0.2) is 0 Å². The van der Waals surface area contributed by atoms with Crippen molar-refractivity contribution in [3.05, 3.63) is 77.5 Å². The maximum Gasteiger partial charge on any atom is 0.272 e. The van der Waals surface area contributed by atoms with Gasteiger partial charge in [-0.05, 0) is 43.1 Å². The molecule has 0 bridgehead atoms. The molecule has 5 rings (SSSR count). The minimum Gasteiger partial charge on any atom is -0.337 e. The highest BCUT2D eigenvalue weighted by Gasteiger charge is 2.47. The Morgan fingerprint density at radius 2 is 1.72 bits per heavy atom. The summed E-state index contributed by atoms with van der Waals surface area (Å²) in [6, 6.07) is 20.9. The molecule has 150 valence electrons. The van der Waals surface area contributed by atoms with Crippen molar-refractivity contribution in [1.82, 2.24) is 14.8 Å². The maximum absolute atomic E-state index is 13.2. The van der Waals surface area contributed by atoms with E-state index in [1.165, 1.54) is 11.1 Å². The first-order chi connectivity index (χ1) is 13.6. The maximum atomic E-state index is 13.2. The van der Waals surface area contributed by atoms with Crippen LogP contribution in [0.2, 0.25) is 0 Å². The van der Waals surface area contributed by atoms with Gasteiger partial charge >= 0.3 is 0 Å². The Labute approximate surface area is 177 Å². The second-order valence-corrected chi connectivity index (χ2v) is 8.26. The van der Waals surface area contributed by atoms with Crippen molar-refractivity contribution in [3.63, 3.8) is 0 Å². The van der Waals surface area contributed by atoms with Crippen molar-refractivity contribution in [2.75, 3.05) is 26.7 Å². The zero-order valence-corrected chi connectivity index (χ0v) is 17.6. The Morgan fingerprint density at radius 1 is 0.966 bits per heavy atom. The number of aryl methyl sites for hydroxylation is 1. The predicted molar refractivity (Wildman–Crippen MR) is 118 cm³/mol. The lowest BCUT2D eigenvalue weighted by molar-refractivity contribution is 0.0762. The molecule has 3 atom stereocenters. The number of para-hydroxylation sites is 1. The largest absolute Gasteiger partial charge is 0.337 e. The van der Waals surface area contributed by atoms with E-state index in [1.54, 1.807) is 0 Å². The molecule has 2 saturated heterocycles. The van der Waals surface area contributed by atoms with E-state index in [0.29, 0.717) is 23.6 Å². The summed E-state index contributed by atoms with van der Waals surface area (Å²) in [5.41, 5.74) is 4.17. The van der Waals surface area contributed by atoms with Crippen LogP contribution in [0.1, 0.15) is 27.7 Å². The van der Waals surface area contributed by atoms with Gasteiger partial charge < -0.3 is 4.90 Å². The number of amides is 1. The van der Waals surface area contributed by atoms with Crippen LogP contribution in [0.25, 0.3) is 10.9 Å². The quantitative estimate of drug-likeness (QED) is 0.634. The predicted octanol–water partition coefficient (Wildman–Crippen LogP) is 4.34. The van der Waals surface area contributed by atoms with Gasteiger partial charge in [-0.1, -0.05) is 48.5 Å². The number of aromatic nitrogens is 1. The number of hydrogen-bond donors (Lipinski definition) is 0. The lowest BCUT2D eigenvalue weighted by Crippen LogP contribution is -2.34. The van der Waals surface area contributed by atoms with Gasteiger partial charge in [0, 0.05) is 37.0 Å². The van der Waals surface area contributed by atoms with E-state index in [4.69, 9.17) is 0 Å². The third kappa shape index (κ3) is 3.41. The molecule has 0 saturated carbocycles. The SMILES string of the molecule is Cc1ccccc1[C@@H]1[C@@H]2CN(C(=O)c3ccc4ccccc4n3)C[C@@H]2CN1C.Cl. The van der Waals surface area contributed by atoms with E-state index in [2.05, 4.69) is 48.1 Å². The number of fused-ring (bicyclic) bond motifs is 2. The van der Waals surface area contributed by atoms with Gasteiger partial charge in [0.25, 0.3) is 5.91 Å². The third-order valence-corrected chi connectivity index (χ3v) is 6.51. The summed E-state index contributed by atoms with van der Waals surface area (Å²) in [5, 5.41) is 1.07. The number of pyridine rings is 1. The first-order valence-electron chi connectivity index (χ1n) is 10.0. The van der Waals surface area contributed by atoms with Crippen LogP contribution in [0.15, 0.2) is 60.7 Å². The molecule has 2 fully saturated rings. The molecule has 5 heteroatoms. The molecular weight excluding hydrogens is 382 g/mol. The lowest BCUT2D eigenvalue weighted by atomic mass is 9.88. The van der Waals surface area contributed by atoms with Crippen molar-refractivity contribution in [3.8, 4) is 0 Å². The molecule has 0 spiro atoms. The van der Waals surface area contributed by atoms with Gasteiger partial charge in [0.2, 0.25) is 0 Å². The van der Waals surface area contributed by atoms with Crippen LogP contribution >= 0.6 is 12.4 Å². The summed E-state index contributed by atoms with van der Waals surface area (Å²) in [6.45, 7) is 4.86. The molecule has 0 aliphatic carbocycles. The summed E-state index contributed by atoms with van der Waals surface area (Å²) in [5.74, 6) is 1.07. The number of halogens is 1. The van der Waals surface area contributed by atoms with Crippen LogP contribution in [-0.2, 0) is 0 Å². The molecule has 29 heavy (non-hydrogen) atoms. The van der Waals surface area contributed by atoms with Crippen molar-refractivity contribution in [2.24, 2.45) is 11.8 Å². The first-order valence-corrected chi connectivity index (χ1v) is 10.0. The summed E-state index contributed by atoms with van der Waals surface area (Å²) < 4.78 is 0. The second-order valence-electron chi connectivity index (χ2n) is 8.26. The van der Waals surface area contributed by atoms with Gasteiger partial charge in [-0.25, -0.2) is 4.98 Å². The van der Waals surface area contributed by atoms with Crippen LogP contribution in [-0.4, -0.2) is 47.4 Å². The number of carbonyl (C=O) groups excluding carboxylic acids is 1. The average Bonchev–Trinajstić information content (AvgIpc) is 3.24. The summed E-state index contributed by atoms with van der Waals surface area (Å²) in [4.78, 5) is 22.3. The first kappa shape index (κ1) is 19.9. The Bertz CT molecular complexity index is 1050. The normalized spacial score (nSPS) is 23.8. The molecule has 3 aromatic rings. The highest BCUT2D eigenvalue weighted by atomic mass is 35.5. The molecule has 4 nitrogen and oxygen atoms in total. The fourth-order valence-corrected chi connectivity index (χ4v) is 5.16. The topological polar surface area (TPSA) is 36.4 Å². The molecular formula is C24H26ClN3O. The van der Waals surface area contributed by atoms with Gasteiger partial charge in [-0.2, -0.15) is 0 Å². The minimum absolute atomic E-state index is 0. The Morgan fingerprint density at radius 3 is 2.55 bits per heavy atom. The zero-order valence-electron chi connectivity index (χ0n) is 16.8. The molecule has 1 aromatic heterocycles. The summed E-state index contributed by atoms with van der Waals surface area (Å²) >= 11 is 0. The van der Waals surface area contributed by atoms with E-state index in [9.17, 15) is 4.79 Å². The van der Waals surface area contributed by atoms with Gasteiger partial charge in [0.05, 0.1) is 5.52 Å². The smallest absolute Gasteiger partial charge is 0.272 e. The molecule has 2 aromatic carbocycles. The van der Waals surface area contributed by atoms with Crippen LogP contribution in [0.5, 0.6) is 0 Å². The van der Waals surface area contributed by atoms with E-state index in [-0.39, 0.29) is 18.3 Å². The molecule has 0 radical (unpaired) electrons. The molecule has 1 amide bonds. The third-order valence-electron chi connectivity index (χ3n) is 6.51. The molecule has 0 N–H and O–H groups in total. The Balaban J connectivity index is 0.00000205. The highest BCUT2D eigenvalue weighted by Crippen LogP contribution is 2.45. The van der Waals surface area contributed by atoms with Crippen molar-refractivity contribution in [1.29, 1.82) is 0 Å². The van der Waals surface area contributed by atoms with E-state index < -0.39 is 0 Å². The van der Waals surface area contributed by atoms with E-state index in [1.807, 2.05) is 41.3 Å². The number of benzene rings is 2. The fraction of sp³-hybridized carbons (Fsp3) is 0.333. The fourth-order valence-electron chi connectivity index (χ4n) is 5.16. The van der Waals surface area contributed by atoms with Gasteiger partial charge in [-0.15, -0.1) is 12.4 Å². The van der Waals surface area contributed by atoms with E-state index in [0.717, 1.165) is 30.5 Å². The number of likely N-dealkylation sites (tertiary alicyclic amines) is 2. The van der Waals surface area contributed by atoms with Crippen LogP contribution in [0, 0.1) is 18.8 Å². The molecule has 3 heterocycles. The molecule has 2 aliphatic rings. The van der Waals surface area contributed by atoms with Crippen molar-refractivity contribution in [2.45, 2.75) is 13.0 Å². The van der Waals surface area contributed by atoms with Crippen molar-refractivity contribution >= 4 is 29.2 Å². The van der Waals surface area contributed by atoms with Crippen LogP contribution in [0.3, 0.4) is 0 Å². The highest BCUT2D eigenvalue weighted by molar-refractivity contribution is 5.95. The van der Waals surface area contributed by atoms with Crippen LogP contribution < -0.4 is 0 Å². The summed E-state index contributed by atoms with van der Waals surface area (Å²) in [7, 11) is 2.21. The van der Waals surface area contributed by atoms with Crippen molar-refractivity contribution < 1.29 is 4.79 Å². The minimum atomic E-state index is 0. The van der Waals surface area contributed by atoms with Gasteiger partial charge in [-0.3, -0.25) is 9.69 Å². The number of carbonyl (C=O) groups is 1. The second kappa shape index (κ2) is 7.77. The van der Waals surface area contributed by atoms with Gasteiger partial charge in [0.1, 0.15) is 5.69 Å². The van der Waals surface area contributed by atoms with Crippen LogP contribution in [0.4, 0.5) is 0 Å². The zero-order chi connectivity index (χ0) is 19.3. The summed E-state index contributed by atoms with van der Waals surface area (Å²) in [6.07, 6.45) is 0. The Hall–Kier alpha value is -2.43. The number of nitrogens with zero attached hydrogens (tertiary/aromatic N) is 3. The monoisotopic (exact) mass is 407 g/mol. The van der Waals surface area contributed by atoms with E-state index >= 15 is 0 Å². The molecule has 2 aliphatic heterocycles. The number of rotatable bonds is 2. The molecule has 0 unspecified atom stereocenters. The Kier molecular flexibility index (Phi) is 5.32. The number of hydrogen-bond acceptors (Lipinski definition) is 3. The standard InChI is InChI=1S/C24H25N3O.ClH/c1-16-7-3-5-9-19(16)23-20-15-27(14-18(20)13-26(23)2)24(28)22-12-11-17-8-4-6-10-21(17)25-22;/h3-12,18,20,23H,13-15H2,1-2H3;1H/t18-,20+,23+;/m0./s1.